The number of alkyl halides is 1. The van der Waals surface area contributed by atoms with Gasteiger partial charge in [0.1, 0.15) is 0 Å². The summed E-state index contributed by atoms with van der Waals surface area (Å²) in [5.74, 6) is 0.0448. The van der Waals surface area contributed by atoms with E-state index in [0.717, 1.165) is 10.6 Å². The van der Waals surface area contributed by atoms with E-state index in [0.29, 0.717) is 11.8 Å². The number of carbonyl (C=O) groups is 1. The molecule has 0 unspecified atom stereocenters. The summed E-state index contributed by atoms with van der Waals surface area (Å²) >= 11 is 4.86. The minimum Gasteiger partial charge on any atom is -0.325 e. The number of hydrogen-bond donors (Lipinski definition) is 1. The fraction of sp³-hybridized carbons (Fsp3) is 0.300. The standard InChI is InChI=1S/C10H12BrNOS/c1-14-9-5-3-2-4-8(9)12-10(13)6-7-11/h2-5H,6-7H2,1H3,(H,12,13). The van der Waals surface area contributed by atoms with E-state index >= 15 is 0 Å². The van der Waals surface area contributed by atoms with Gasteiger partial charge in [-0.2, -0.15) is 0 Å². The second-order valence-electron chi connectivity index (χ2n) is 2.69. The van der Waals surface area contributed by atoms with Crippen molar-refractivity contribution in [2.24, 2.45) is 0 Å². The lowest BCUT2D eigenvalue weighted by Gasteiger charge is -2.07. The van der Waals surface area contributed by atoms with Crippen LogP contribution in [0.2, 0.25) is 0 Å². The van der Waals surface area contributed by atoms with Gasteiger partial charge in [-0.1, -0.05) is 28.1 Å². The van der Waals surface area contributed by atoms with E-state index in [2.05, 4.69) is 21.2 Å². The lowest BCUT2D eigenvalue weighted by atomic mass is 10.3. The molecule has 1 aromatic rings. The van der Waals surface area contributed by atoms with Gasteiger partial charge in [0.05, 0.1) is 5.69 Å². The summed E-state index contributed by atoms with van der Waals surface area (Å²) in [6.07, 6.45) is 2.50. The third-order valence-corrected chi connectivity index (χ3v) is 2.89. The molecule has 0 saturated heterocycles. The Hall–Kier alpha value is -0.480. The zero-order valence-electron chi connectivity index (χ0n) is 7.92. The summed E-state index contributed by atoms with van der Waals surface area (Å²) < 4.78 is 0. The van der Waals surface area contributed by atoms with E-state index in [1.54, 1.807) is 11.8 Å². The van der Waals surface area contributed by atoms with E-state index < -0.39 is 0 Å². The first-order valence-corrected chi connectivity index (χ1v) is 6.61. The van der Waals surface area contributed by atoms with Crippen molar-refractivity contribution < 1.29 is 4.79 Å². The van der Waals surface area contributed by atoms with Crippen molar-refractivity contribution in [2.75, 3.05) is 16.9 Å². The topological polar surface area (TPSA) is 29.1 Å². The molecule has 0 saturated carbocycles. The maximum absolute atomic E-state index is 11.3. The van der Waals surface area contributed by atoms with E-state index in [1.165, 1.54) is 0 Å². The Balaban J connectivity index is 2.70. The molecule has 14 heavy (non-hydrogen) atoms. The number of thioether (sulfide) groups is 1. The first-order chi connectivity index (χ1) is 6.77. The quantitative estimate of drug-likeness (QED) is 0.675. The SMILES string of the molecule is CSc1ccccc1NC(=O)CCBr. The van der Waals surface area contributed by atoms with Gasteiger partial charge in [-0.25, -0.2) is 0 Å². The van der Waals surface area contributed by atoms with Gasteiger partial charge in [0, 0.05) is 16.6 Å². The molecular weight excluding hydrogens is 262 g/mol. The van der Waals surface area contributed by atoms with E-state index in [4.69, 9.17) is 0 Å². The Labute approximate surface area is 96.6 Å². The van der Waals surface area contributed by atoms with Crippen LogP contribution in [0.3, 0.4) is 0 Å². The Morgan fingerprint density at radius 1 is 1.50 bits per heavy atom. The van der Waals surface area contributed by atoms with Crippen molar-refractivity contribution >= 4 is 39.3 Å². The highest BCUT2D eigenvalue weighted by atomic mass is 79.9. The van der Waals surface area contributed by atoms with Crippen LogP contribution >= 0.6 is 27.7 Å². The summed E-state index contributed by atoms with van der Waals surface area (Å²) in [5, 5.41) is 3.57. The van der Waals surface area contributed by atoms with E-state index in [1.807, 2.05) is 30.5 Å². The predicted molar refractivity (Wildman–Crippen MR) is 65.3 cm³/mol. The number of para-hydroxylation sites is 1. The van der Waals surface area contributed by atoms with Crippen LogP contribution in [0, 0.1) is 0 Å². The largest absolute Gasteiger partial charge is 0.325 e. The van der Waals surface area contributed by atoms with Crippen LogP contribution in [0.1, 0.15) is 6.42 Å². The van der Waals surface area contributed by atoms with Crippen molar-refractivity contribution in [1.29, 1.82) is 0 Å². The van der Waals surface area contributed by atoms with Crippen LogP contribution < -0.4 is 5.32 Å². The number of anilines is 1. The number of nitrogens with one attached hydrogen (secondary N) is 1. The molecule has 0 aliphatic rings. The molecule has 0 fully saturated rings. The molecular formula is C10H12BrNOS. The summed E-state index contributed by atoms with van der Waals surface area (Å²) in [7, 11) is 0. The molecule has 0 aromatic heterocycles. The number of halogens is 1. The zero-order valence-corrected chi connectivity index (χ0v) is 10.3. The highest BCUT2D eigenvalue weighted by molar-refractivity contribution is 9.09. The molecule has 1 N–H and O–H groups in total. The number of hydrogen-bond acceptors (Lipinski definition) is 2. The Kier molecular flexibility index (Phi) is 5.04. The van der Waals surface area contributed by atoms with Crippen LogP contribution in [0.4, 0.5) is 5.69 Å². The minimum absolute atomic E-state index is 0.0448. The number of carbonyl (C=O) groups excluding carboxylic acids is 1. The summed E-state index contributed by atoms with van der Waals surface area (Å²) in [6.45, 7) is 0. The maximum atomic E-state index is 11.3. The van der Waals surface area contributed by atoms with Crippen molar-refractivity contribution in [2.45, 2.75) is 11.3 Å². The Bertz CT molecular complexity index is 317. The fourth-order valence-electron chi connectivity index (χ4n) is 1.05. The van der Waals surface area contributed by atoms with Crippen molar-refractivity contribution in [3.05, 3.63) is 24.3 Å². The molecule has 1 rings (SSSR count). The van der Waals surface area contributed by atoms with Gasteiger partial charge in [0.15, 0.2) is 0 Å². The van der Waals surface area contributed by atoms with Crippen LogP contribution in [-0.2, 0) is 4.79 Å². The van der Waals surface area contributed by atoms with Gasteiger partial charge in [0.2, 0.25) is 5.91 Å². The Morgan fingerprint density at radius 2 is 2.21 bits per heavy atom. The van der Waals surface area contributed by atoms with Crippen LogP contribution in [-0.4, -0.2) is 17.5 Å². The molecule has 0 heterocycles. The summed E-state index contributed by atoms with van der Waals surface area (Å²) in [5.41, 5.74) is 0.894. The van der Waals surface area contributed by atoms with Crippen LogP contribution in [0.15, 0.2) is 29.2 Å². The molecule has 0 spiro atoms. The molecule has 76 valence electrons. The molecule has 0 bridgehead atoms. The van der Waals surface area contributed by atoms with Gasteiger partial charge < -0.3 is 5.32 Å². The minimum atomic E-state index is 0.0448. The van der Waals surface area contributed by atoms with Crippen LogP contribution in [0.25, 0.3) is 0 Å². The second-order valence-corrected chi connectivity index (χ2v) is 4.33. The zero-order chi connectivity index (χ0) is 10.4. The van der Waals surface area contributed by atoms with E-state index in [-0.39, 0.29) is 5.91 Å². The lowest BCUT2D eigenvalue weighted by Crippen LogP contribution is -2.12. The molecule has 0 aliphatic carbocycles. The van der Waals surface area contributed by atoms with Gasteiger partial charge in [-0.3, -0.25) is 4.79 Å². The first kappa shape index (κ1) is 11.6. The number of benzene rings is 1. The van der Waals surface area contributed by atoms with Crippen molar-refractivity contribution in [3.63, 3.8) is 0 Å². The third kappa shape index (κ3) is 3.35. The third-order valence-electron chi connectivity index (χ3n) is 1.70. The molecule has 0 radical (unpaired) electrons. The molecule has 2 nitrogen and oxygen atoms in total. The van der Waals surface area contributed by atoms with E-state index in [9.17, 15) is 4.79 Å². The van der Waals surface area contributed by atoms with Gasteiger partial charge >= 0.3 is 0 Å². The highest BCUT2D eigenvalue weighted by Crippen LogP contribution is 2.24. The predicted octanol–water partition coefficient (Wildman–Crippen LogP) is 3.13. The Morgan fingerprint density at radius 3 is 2.86 bits per heavy atom. The molecule has 0 aliphatic heterocycles. The smallest absolute Gasteiger partial charge is 0.225 e. The lowest BCUT2D eigenvalue weighted by molar-refractivity contribution is -0.115. The molecule has 1 amide bonds. The van der Waals surface area contributed by atoms with Crippen molar-refractivity contribution in [1.82, 2.24) is 0 Å². The molecule has 4 heteroatoms. The molecule has 0 atom stereocenters. The summed E-state index contributed by atoms with van der Waals surface area (Å²) in [6, 6.07) is 7.79. The monoisotopic (exact) mass is 273 g/mol. The summed E-state index contributed by atoms with van der Waals surface area (Å²) in [4.78, 5) is 12.4. The number of amides is 1. The van der Waals surface area contributed by atoms with Crippen molar-refractivity contribution in [3.8, 4) is 0 Å². The van der Waals surface area contributed by atoms with Gasteiger partial charge in [-0.15, -0.1) is 11.8 Å². The fourth-order valence-corrected chi connectivity index (χ4v) is 1.96. The van der Waals surface area contributed by atoms with Gasteiger partial charge in [0.25, 0.3) is 0 Å². The highest BCUT2D eigenvalue weighted by Gasteiger charge is 2.04. The van der Waals surface area contributed by atoms with Crippen LogP contribution in [0.5, 0.6) is 0 Å². The van der Waals surface area contributed by atoms with Gasteiger partial charge in [-0.05, 0) is 18.4 Å². The normalized spacial score (nSPS) is 9.86. The first-order valence-electron chi connectivity index (χ1n) is 4.26. The maximum Gasteiger partial charge on any atom is 0.225 e. The number of rotatable bonds is 4. The average molecular weight is 274 g/mol. The average Bonchev–Trinajstić information content (AvgIpc) is 2.19. The molecule has 1 aromatic carbocycles. The second kappa shape index (κ2) is 6.09.